The Hall–Kier alpha value is -2.90. The Labute approximate surface area is 148 Å². The van der Waals surface area contributed by atoms with Gasteiger partial charge in [0.1, 0.15) is 18.1 Å². The molecule has 130 valence electrons. The molecule has 0 bridgehead atoms. The summed E-state index contributed by atoms with van der Waals surface area (Å²) in [5.41, 5.74) is 4.68. The molecular formula is C17H14ClNO6. The van der Waals surface area contributed by atoms with E-state index in [2.05, 4.69) is 0 Å². The molecule has 8 heteroatoms. The Morgan fingerprint density at radius 1 is 1.00 bits per heavy atom. The number of phenols is 2. The van der Waals surface area contributed by atoms with Crippen LogP contribution in [0.1, 0.15) is 42.2 Å². The molecule has 0 spiro atoms. The lowest BCUT2D eigenvalue weighted by atomic mass is 9.82. The van der Waals surface area contributed by atoms with Crippen molar-refractivity contribution < 1.29 is 29.3 Å². The summed E-state index contributed by atoms with van der Waals surface area (Å²) in [5.74, 6) is -2.89. The number of hydrogen-bond donors (Lipinski definition) is 3. The predicted molar refractivity (Wildman–Crippen MR) is 89.7 cm³/mol. The molecule has 0 radical (unpaired) electrons. The van der Waals surface area contributed by atoms with Gasteiger partial charge in [0.2, 0.25) is 5.78 Å². The third-order valence-corrected chi connectivity index (χ3v) is 3.69. The summed E-state index contributed by atoms with van der Waals surface area (Å²) >= 11 is 0. The lowest BCUT2D eigenvalue weighted by Gasteiger charge is -2.19. The number of benzene rings is 2. The highest BCUT2D eigenvalue weighted by Crippen LogP contribution is 2.37. The molecule has 0 heterocycles. The van der Waals surface area contributed by atoms with Crippen molar-refractivity contribution in [3.8, 4) is 11.5 Å². The summed E-state index contributed by atoms with van der Waals surface area (Å²) in [6, 6.07) is 6.36. The normalized spacial score (nSPS) is 12.0. The van der Waals surface area contributed by atoms with E-state index in [4.69, 9.17) is 10.5 Å². The van der Waals surface area contributed by atoms with Crippen LogP contribution < -0.4 is 5.73 Å². The molecule has 0 aliphatic heterocycles. The summed E-state index contributed by atoms with van der Waals surface area (Å²) in [4.78, 5) is 37.0. The van der Waals surface area contributed by atoms with E-state index in [1.165, 1.54) is 24.3 Å². The number of phenolic OH excluding ortho intramolecular Hbond substituents is 2. The molecule has 2 aromatic carbocycles. The van der Waals surface area contributed by atoms with E-state index in [0.717, 1.165) is 6.07 Å². The van der Waals surface area contributed by atoms with Crippen molar-refractivity contribution in [3.05, 3.63) is 58.1 Å². The molecule has 25 heavy (non-hydrogen) atoms. The minimum Gasteiger partial charge on any atom is -0.507 e. The van der Waals surface area contributed by atoms with Crippen LogP contribution in [0.3, 0.4) is 0 Å². The summed E-state index contributed by atoms with van der Waals surface area (Å²) in [5, 5.41) is 20.0. The Kier molecular flexibility index (Phi) is 5.10. The van der Waals surface area contributed by atoms with Crippen molar-refractivity contribution >= 4 is 29.9 Å². The molecule has 3 rings (SSSR count). The minimum absolute atomic E-state index is 0. The highest BCUT2D eigenvalue weighted by molar-refractivity contribution is 6.30. The molecule has 1 aliphatic rings. The number of ketones is 2. The van der Waals surface area contributed by atoms with Crippen LogP contribution in [0.2, 0.25) is 0 Å². The van der Waals surface area contributed by atoms with Gasteiger partial charge in [0.15, 0.2) is 5.78 Å². The number of rotatable bonds is 3. The fourth-order valence-corrected chi connectivity index (χ4v) is 2.64. The third kappa shape index (κ3) is 2.95. The van der Waals surface area contributed by atoms with Crippen LogP contribution in [0.25, 0.3) is 0 Å². The maximum Gasteiger partial charge on any atom is 0.338 e. The van der Waals surface area contributed by atoms with Crippen LogP contribution >= 0.6 is 12.4 Å². The first kappa shape index (κ1) is 18.4. The lowest BCUT2D eigenvalue weighted by Crippen LogP contribution is -2.22. The number of carbonyl (C=O) groups excluding carboxylic acids is 3. The molecule has 0 amide bonds. The summed E-state index contributed by atoms with van der Waals surface area (Å²) in [6.07, 6.45) is 0. The van der Waals surface area contributed by atoms with Crippen molar-refractivity contribution in [1.82, 2.24) is 0 Å². The van der Waals surface area contributed by atoms with E-state index in [9.17, 15) is 24.6 Å². The SMILES string of the molecule is Cl.NCCOC(=O)c1cc(O)c2c(c1)C(=O)c1cccc(O)c1C2=O. The monoisotopic (exact) mass is 363 g/mol. The number of nitrogens with two attached hydrogens (primary N) is 1. The maximum absolute atomic E-state index is 12.6. The average Bonchev–Trinajstić information content (AvgIpc) is 2.56. The molecule has 0 unspecified atom stereocenters. The first-order valence-corrected chi connectivity index (χ1v) is 7.11. The Bertz CT molecular complexity index is 893. The first-order valence-electron chi connectivity index (χ1n) is 7.11. The Morgan fingerprint density at radius 3 is 2.36 bits per heavy atom. The largest absolute Gasteiger partial charge is 0.507 e. The van der Waals surface area contributed by atoms with Gasteiger partial charge in [-0.25, -0.2) is 4.79 Å². The highest BCUT2D eigenvalue weighted by Gasteiger charge is 2.35. The zero-order valence-electron chi connectivity index (χ0n) is 12.8. The van der Waals surface area contributed by atoms with Crippen LogP contribution in [0.15, 0.2) is 30.3 Å². The van der Waals surface area contributed by atoms with Crippen molar-refractivity contribution in [3.63, 3.8) is 0 Å². The zero-order chi connectivity index (χ0) is 17.4. The summed E-state index contributed by atoms with van der Waals surface area (Å²) in [7, 11) is 0. The van der Waals surface area contributed by atoms with E-state index in [1.807, 2.05) is 0 Å². The average molecular weight is 364 g/mol. The van der Waals surface area contributed by atoms with Crippen LogP contribution in [-0.2, 0) is 4.74 Å². The van der Waals surface area contributed by atoms with Gasteiger partial charge in [-0.3, -0.25) is 9.59 Å². The van der Waals surface area contributed by atoms with Crippen molar-refractivity contribution in [2.75, 3.05) is 13.2 Å². The molecule has 4 N–H and O–H groups in total. The molecule has 0 saturated carbocycles. The van der Waals surface area contributed by atoms with Crippen LogP contribution in [-0.4, -0.2) is 40.9 Å². The second kappa shape index (κ2) is 6.92. The number of hydrogen-bond acceptors (Lipinski definition) is 7. The third-order valence-electron chi connectivity index (χ3n) is 3.69. The van der Waals surface area contributed by atoms with Gasteiger partial charge < -0.3 is 20.7 Å². The number of fused-ring (bicyclic) bond motifs is 2. The fourth-order valence-electron chi connectivity index (χ4n) is 2.64. The number of ether oxygens (including phenoxy) is 1. The quantitative estimate of drug-likeness (QED) is 0.600. The number of esters is 1. The zero-order valence-corrected chi connectivity index (χ0v) is 13.6. The van der Waals surface area contributed by atoms with E-state index < -0.39 is 23.3 Å². The molecule has 0 saturated heterocycles. The van der Waals surface area contributed by atoms with E-state index in [-0.39, 0.29) is 59.1 Å². The lowest BCUT2D eigenvalue weighted by molar-refractivity contribution is 0.0516. The summed E-state index contributed by atoms with van der Waals surface area (Å²) < 4.78 is 4.86. The van der Waals surface area contributed by atoms with Crippen LogP contribution in [0, 0.1) is 0 Å². The molecule has 0 atom stereocenters. The number of carbonyl (C=O) groups is 3. The predicted octanol–water partition coefficient (Wildman–Crippen LogP) is 1.41. The topological polar surface area (TPSA) is 127 Å². The Morgan fingerprint density at radius 2 is 1.68 bits per heavy atom. The molecule has 1 aliphatic carbocycles. The van der Waals surface area contributed by atoms with Gasteiger partial charge in [-0.15, -0.1) is 12.4 Å². The van der Waals surface area contributed by atoms with Gasteiger partial charge in [0.05, 0.1) is 16.7 Å². The van der Waals surface area contributed by atoms with Gasteiger partial charge in [-0.2, -0.15) is 0 Å². The van der Waals surface area contributed by atoms with Gasteiger partial charge >= 0.3 is 5.97 Å². The fraction of sp³-hybridized carbons (Fsp3) is 0.118. The van der Waals surface area contributed by atoms with E-state index in [1.54, 1.807) is 0 Å². The number of aromatic hydroxyl groups is 2. The van der Waals surface area contributed by atoms with Crippen molar-refractivity contribution in [2.45, 2.75) is 0 Å². The van der Waals surface area contributed by atoms with Gasteiger partial charge in [-0.1, -0.05) is 12.1 Å². The van der Waals surface area contributed by atoms with Crippen LogP contribution in [0.4, 0.5) is 0 Å². The van der Waals surface area contributed by atoms with Gasteiger partial charge in [0, 0.05) is 17.7 Å². The second-order valence-electron chi connectivity index (χ2n) is 5.20. The molecule has 0 fully saturated rings. The highest BCUT2D eigenvalue weighted by atomic mass is 35.5. The standard InChI is InChI=1S/C17H13NO6.ClH/c18-4-5-24-17(23)8-6-10-14(12(20)7-8)16(22)13-9(15(10)21)2-1-3-11(13)19;/h1-3,6-7,19-20H,4-5,18H2;1H. The summed E-state index contributed by atoms with van der Waals surface area (Å²) in [6.45, 7) is 0.118. The molecule has 0 aromatic heterocycles. The molecule has 2 aromatic rings. The molecule has 7 nitrogen and oxygen atoms in total. The smallest absolute Gasteiger partial charge is 0.338 e. The van der Waals surface area contributed by atoms with Crippen molar-refractivity contribution in [1.29, 1.82) is 0 Å². The second-order valence-corrected chi connectivity index (χ2v) is 5.20. The van der Waals surface area contributed by atoms with E-state index in [0.29, 0.717) is 0 Å². The molecular weight excluding hydrogens is 350 g/mol. The van der Waals surface area contributed by atoms with Gasteiger partial charge in [0.25, 0.3) is 0 Å². The number of halogens is 1. The minimum atomic E-state index is -0.763. The van der Waals surface area contributed by atoms with Crippen LogP contribution in [0.5, 0.6) is 11.5 Å². The van der Waals surface area contributed by atoms with E-state index >= 15 is 0 Å². The maximum atomic E-state index is 12.6. The first-order chi connectivity index (χ1) is 11.5. The van der Waals surface area contributed by atoms with Gasteiger partial charge in [-0.05, 0) is 18.2 Å². The van der Waals surface area contributed by atoms with Crippen molar-refractivity contribution in [2.24, 2.45) is 5.73 Å². The Balaban J connectivity index is 0.00000225.